The van der Waals surface area contributed by atoms with Gasteiger partial charge in [0.15, 0.2) is 0 Å². The molecule has 4 aromatic rings. The summed E-state index contributed by atoms with van der Waals surface area (Å²) >= 11 is 3.69. The van der Waals surface area contributed by atoms with Crippen molar-refractivity contribution in [2.24, 2.45) is 7.05 Å². The zero-order valence-corrected chi connectivity index (χ0v) is 21.4. The number of aromatic nitrogens is 1. The molecule has 9 heteroatoms. The van der Waals surface area contributed by atoms with Crippen molar-refractivity contribution in [2.45, 2.75) is 11.8 Å². The minimum Gasteiger partial charge on any atom is -0.726 e. The highest BCUT2D eigenvalue weighted by molar-refractivity contribution is 8.03. The van der Waals surface area contributed by atoms with Gasteiger partial charge in [-0.3, -0.25) is 4.18 Å². The van der Waals surface area contributed by atoms with Crippen LogP contribution in [0.3, 0.4) is 0 Å². The third-order valence-electron chi connectivity index (χ3n) is 5.25. The highest BCUT2D eigenvalue weighted by Gasteiger charge is 2.24. The fourth-order valence-electron chi connectivity index (χ4n) is 3.61. The molecule has 0 saturated heterocycles. The number of thiazole rings is 1. The second kappa shape index (κ2) is 10.3. The van der Waals surface area contributed by atoms with Gasteiger partial charge in [0.1, 0.15) is 11.7 Å². The largest absolute Gasteiger partial charge is 0.726 e. The van der Waals surface area contributed by atoms with Gasteiger partial charge in [-0.15, -0.1) is 0 Å². The summed E-state index contributed by atoms with van der Waals surface area (Å²) in [5.74, 6) is 0. The summed E-state index contributed by atoms with van der Waals surface area (Å²) in [5, 5.41) is 2.53. The van der Waals surface area contributed by atoms with E-state index in [9.17, 15) is 13.0 Å². The van der Waals surface area contributed by atoms with Crippen molar-refractivity contribution in [2.75, 3.05) is 18.6 Å². The Labute approximate surface area is 208 Å². The Morgan fingerprint density at radius 2 is 1.74 bits per heavy atom. The zero-order valence-electron chi connectivity index (χ0n) is 19.0. The molecule has 34 heavy (non-hydrogen) atoms. The molecule has 0 aliphatic carbocycles. The summed E-state index contributed by atoms with van der Waals surface area (Å²) in [6.45, 7) is 1.33. The first-order valence-corrected chi connectivity index (χ1v) is 13.5. The molecule has 0 fully saturated rings. The Morgan fingerprint density at radius 1 is 1.03 bits per heavy atom. The standard InChI is InChI=1S/C23H19N2S2.C2H6O4S/c1-24-18-10-6-7-11-20(18)26-22(24)15-23-25(2)19-13-12-17(14-21(19)27-23)16-8-4-3-5-9-16;1-2-6-7(3,4)5/h3-15H,1-2H3;2H2,1H3,(H,3,4,5)/q+1;/p-1. The van der Waals surface area contributed by atoms with Crippen LogP contribution in [0.4, 0.5) is 5.69 Å². The number of nitrogens with zero attached hydrogens (tertiary/aromatic N) is 2. The molecule has 1 aliphatic heterocycles. The van der Waals surface area contributed by atoms with Gasteiger partial charge < -0.3 is 9.45 Å². The van der Waals surface area contributed by atoms with E-state index in [0.717, 1.165) is 0 Å². The molecule has 0 unspecified atom stereocenters. The van der Waals surface area contributed by atoms with Crippen molar-refractivity contribution in [3.8, 4) is 11.1 Å². The van der Waals surface area contributed by atoms with Gasteiger partial charge in [0.05, 0.1) is 23.4 Å². The van der Waals surface area contributed by atoms with E-state index in [1.807, 2.05) is 23.1 Å². The summed E-state index contributed by atoms with van der Waals surface area (Å²) in [6, 6.07) is 25.9. The van der Waals surface area contributed by atoms with Crippen LogP contribution in [0.5, 0.6) is 0 Å². The van der Waals surface area contributed by atoms with Gasteiger partial charge in [-0.1, -0.05) is 65.6 Å². The Bertz CT molecular complexity index is 1450. The first kappa shape index (κ1) is 24.4. The lowest BCUT2D eigenvalue weighted by atomic mass is 10.1. The average Bonchev–Trinajstić information content (AvgIpc) is 3.30. The molecule has 3 aromatic carbocycles. The van der Waals surface area contributed by atoms with Gasteiger partial charge in [0.2, 0.25) is 15.9 Å². The van der Waals surface area contributed by atoms with Crippen molar-refractivity contribution in [1.82, 2.24) is 0 Å². The van der Waals surface area contributed by atoms with Crippen LogP contribution in [-0.4, -0.2) is 26.6 Å². The van der Waals surface area contributed by atoms with Crippen LogP contribution in [-0.2, 0) is 21.6 Å². The lowest BCUT2D eigenvalue weighted by Crippen LogP contribution is -2.29. The molecule has 1 aromatic heterocycles. The van der Waals surface area contributed by atoms with E-state index in [1.165, 1.54) is 48.9 Å². The van der Waals surface area contributed by atoms with Gasteiger partial charge in [-0.2, -0.15) is 4.57 Å². The number of fused-ring (bicyclic) bond motifs is 2. The number of aryl methyl sites for hydroxylation is 1. The minimum absolute atomic E-state index is 0.0914. The average molecular weight is 513 g/mol. The van der Waals surface area contributed by atoms with Gasteiger partial charge in [0, 0.05) is 18.0 Å². The van der Waals surface area contributed by atoms with Gasteiger partial charge in [-0.25, -0.2) is 8.42 Å². The first-order valence-electron chi connectivity index (χ1n) is 10.6. The summed E-state index contributed by atoms with van der Waals surface area (Å²) in [5.41, 5.74) is 5.08. The van der Waals surface area contributed by atoms with Crippen LogP contribution in [0.1, 0.15) is 11.9 Å². The molecule has 176 valence electrons. The summed E-state index contributed by atoms with van der Waals surface area (Å²) in [7, 11) is -0.127. The summed E-state index contributed by atoms with van der Waals surface area (Å²) < 4.78 is 35.6. The maximum atomic E-state index is 9.45. The predicted molar refractivity (Wildman–Crippen MR) is 138 cm³/mol. The molecular weight excluding hydrogens is 488 g/mol. The zero-order chi connectivity index (χ0) is 24.3. The van der Waals surface area contributed by atoms with Gasteiger partial charge >= 0.3 is 0 Å². The first-order chi connectivity index (χ1) is 16.3. The molecule has 5 rings (SSSR count). The molecule has 0 radical (unpaired) electrons. The SMILES string of the molecule is CCOS(=O)(=O)[O-].CN1/C(=C/c2sc3cc(-c4ccccc4)ccc3[n+]2C)Sc2ccccc21. The maximum Gasteiger partial charge on any atom is 0.265 e. The third-order valence-corrected chi connectivity index (χ3v) is 8.09. The Morgan fingerprint density at radius 3 is 2.38 bits per heavy atom. The normalized spacial score (nSPS) is 14.2. The minimum atomic E-state index is -4.42. The van der Waals surface area contributed by atoms with E-state index >= 15 is 0 Å². The predicted octanol–water partition coefficient (Wildman–Crippen LogP) is 5.42. The molecule has 1 aliphatic rings. The van der Waals surface area contributed by atoms with E-state index in [0.29, 0.717) is 0 Å². The van der Waals surface area contributed by atoms with Crippen molar-refractivity contribution in [1.29, 1.82) is 0 Å². The number of hydrogen-bond acceptors (Lipinski definition) is 7. The number of para-hydroxylation sites is 1. The Balaban J connectivity index is 0.000000344. The molecule has 0 saturated carbocycles. The van der Waals surface area contributed by atoms with Crippen LogP contribution in [0.2, 0.25) is 0 Å². The van der Waals surface area contributed by atoms with E-state index in [-0.39, 0.29) is 6.61 Å². The van der Waals surface area contributed by atoms with Crippen LogP contribution in [0.25, 0.3) is 27.4 Å². The van der Waals surface area contributed by atoms with Crippen molar-refractivity contribution >= 4 is 55.5 Å². The molecule has 0 N–H and O–H groups in total. The molecule has 0 amide bonds. The van der Waals surface area contributed by atoms with Crippen LogP contribution in [0, 0.1) is 0 Å². The molecule has 2 heterocycles. The van der Waals surface area contributed by atoms with Crippen LogP contribution < -0.4 is 9.47 Å². The van der Waals surface area contributed by atoms with Crippen molar-refractivity contribution in [3.05, 3.63) is 82.8 Å². The number of hydrogen-bond donors (Lipinski definition) is 0. The van der Waals surface area contributed by atoms with Crippen LogP contribution in [0.15, 0.2) is 82.7 Å². The molecular formula is C25H24N2O4S3. The van der Waals surface area contributed by atoms with E-state index in [2.05, 4.69) is 107 Å². The van der Waals surface area contributed by atoms with E-state index in [1.54, 1.807) is 0 Å². The van der Waals surface area contributed by atoms with Crippen LogP contribution >= 0.6 is 23.1 Å². The molecule has 0 atom stereocenters. The van der Waals surface area contributed by atoms with E-state index < -0.39 is 10.4 Å². The number of anilines is 1. The lowest BCUT2D eigenvalue weighted by molar-refractivity contribution is -0.642. The quantitative estimate of drug-likeness (QED) is 0.207. The summed E-state index contributed by atoms with van der Waals surface area (Å²) in [4.78, 5) is 3.60. The lowest BCUT2D eigenvalue weighted by Gasteiger charge is -2.12. The smallest absolute Gasteiger partial charge is 0.265 e. The number of thioether (sulfide) groups is 1. The van der Waals surface area contributed by atoms with Crippen molar-refractivity contribution in [3.63, 3.8) is 0 Å². The Kier molecular flexibility index (Phi) is 7.39. The molecule has 0 bridgehead atoms. The van der Waals surface area contributed by atoms with E-state index in [4.69, 9.17) is 0 Å². The summed E-state index contributed by atoms with van der Waals surface area (Å²) in [6.07, 6.45) is 2.30. The van der Waals surface area contributed by atoms with Gasteiger partial charge in [0.25, 0.3) is 5.01 Å². The fraction of sp³-hybridized carbons (Fsp3) is 0.160. The highest BCUT2D eigenvalue weighted by atomic mass is 32.3. The topological polar surface area (TPSA) is 73.5 Å². The second-order valence-electron chi connectivity index (χ2n) is 7.47. The second-order valence-corrected chi connectivity index (χ2v) is 10.7. The highest BCUT2D eigenvalue weighted by Crippen LogP contribution is 2.45. The molecule has 0 spiro atoms. The van der Waals surface area contributed by atoms with Crippen molar-refractivity contribution < 1.29 is 21.7 Å². The maximum absolute atomic E-state index is 9.45. The number of rotatable bonds is 4. The monoisotopic (exact) mass is 512 g/mol. The fourth-order valence-corrected chi connectivity index (χ4v) is 6.18. The van der Waals surface area contributed by atoms with Gasteiger partial charge in [-0.05, 0) is 42.3 Å². The molecule has 6 nitrogen and oxygen atoms in total. The Hall–Kier alpha value is -2.69. The third kappa shape index (κ3) is 5.51. The number of benzene rings is 3.